The Bertz CT molecular complexity index is 504. The fourth-order valence-electron chi connectivity index (χ4n) is 1.31. The van der Waals surface area contributed by atoms with Crippen LogP contribution in [0.5, 0.6) is 0 Å². The average Bonchev–Trinajstić information content (AvgIpc) is 2.46. The highest BCUT2D eigenvalue weighted by molar-refractivity contribution is 5.84. The van der Waals surface area contributed by atoms with E-state index < -0.39 is 0 Å². The number of aryl methyl sites for hydroxylation is 1. The first-order valence-corrected chi connectivity index (χ1v) is 3.83. The fourth-order valence-corrected chi connectivity index (χ4v) is 1.31. The summed E-state index contributed by atoms with van der Waals surface area (Å²) < 4.78 is 1.72. The van der Waals surface area contributed by atoms with Gasteiger partial charge in [-0.05, 0) is 12.1 Å². The molecule has 1 aromatic heterocycles. The van der Waals surface area contributed by atoms with Crippen LogP contribution in [0.2, 0.25) is 0 Å². The third-order valence-electron chi connectivity index (χ3n) is 2.04. The van der Waals surface area contributed by atoms with Gasteiger partial charge < -0.3 is 5.73 Å². The Kier molecular flexibility index (Phi) is 1.46. The number of fused-ring (bicyclic) bond motifs is 1. The van der Waals surface area contributed by atoms with Gasteiger partial charge in [-0.2, -0.15) is 10.4 Å². The summed E-state index contributed by atoms with van der Waals surface area (Å²) in [6, 6.07) is 5.55. The first-order chi connectivity index (χ1) is 6.22. The van der Waals surface area contributed by atoms with Crippen molar-refractivity contribution in [2.24, 2.45) is 7.05 Å². The second-order valence-corrected chi connectivity index (χ2v) is 2.88. The number of hydrogen-bond acceptors (Lipinski definition) is 3. The van der Waals surface area contributed by atoms with Gasteiger partial charge in [-0.25, -0.2) is 0 Å². The molecule has 64 valence electrons. The minimum atomic E-state index is 0.496. The Balaban J connectivity index is 2.86. The van der Waals surface area contributed by atoms with E-state index in [2.05, 4.69) is 5.10 Å². The molecular formula is C9H8N4. The third kappa shape index (κ3) is 1.02. The summed E-state index contributed by atoms with van der Waals surface area (Å²) in [7, 11) is 1.83. The van der Waals surface area contributed by atoms with Crippen molar-refractivity contribution in [1.29, 1.82) is 5.26 Å². The van der Waals surface area contributed by atoms with Crippen molar-refractivity contribution in [2.45, 2.75) is 0 Å². The number of rotatable bonds is 0. The first kappa shape index (κ1) is 7.62. The minimum Gasteiger partial charge on any atom is -0.398 e. The molecule has 1 heterocycles. The molecule has 0 amide bonds. The number of nitrogens with zero attached hydrogens (tertiary/aromatic N) is 3. The zero-order chi connectivity index (χ0) is 9.42. The molecule has 0 aliphatic rings. The summed E-state index contributed by atoms with van der Waals surface area (Å²) in [6.45, 7) is 0. The second kappa shape index (κ2) is 2.49. The lowest BCUT2D eigenvalue weighted by molar-refractivity contribution is 0.797. The molecular weight excluding hydrogens is 164 g/mol. The van der Waals surface area contributed by atoms with E-state index in [0.717, 1.165) is 10.9 Å². The lowest BCUT2D eigenvalue weighted by atomic mass is 10.1. The van der Waals surface area contributed by atoms with E-state index in [1.807, 2.05) is 13.1 Å². The Labute approximate surface area is 75.2 Å². The molecule has 0 aliphatic heterocycles. The SMILES string of the molecule is Cn1ncc2cc(N)c(C#N)cc21. The van der Waals surface area contributed by atoms with Gasteiger partial charge >= 0.3 is 0 Å². The van der Waals surface area contributed by atoms with Crippen LogP contribution in [0, 0.1) is 11.3 Å². The third-order valence-corrected chi connectivity index (χ3v) is 2.04. The van der Waals surface area contributed by atoms with Crippen molar-refractivity contribution >= 4 is 16.6 Å². The molecule has 0 unspecified atom stereocenters. The van der Waals surface area contributed by atoms with Gasteiger partial charge in [0.05, 0.1) is 23.0 Å². The molecule has 0 saturated carbocycles. The van der Waals surface area contributed by atoms with Gasteiger partial charge in [-0.1, -0.05) is 0 Å². The molecule has 4 nitrogen and oxygen atoms in total. The second-order valence-electron chi connectivity index (χ2n) is 2.88. The molecule has 13 heavy (non-hydrogen) atoms. The number of benzene rings is 1. The van der Waals surface area contributed by atoms with Crippen LogP contribution in [0.4, 0.5) is 5.69 Å². The van der Waals surface area contributed by atoms with Gasteiger partial charge in [0.2, 0.25) is 0 Å². The van der Waals surface area contributed by atoms with E-state index in [0.29, 0.717) is 11.3 Å². The molecule has 2 N–H and O–H groups in total. The quantitative estimate of drug-likeness (QED) is 0.603. The summed E-state index contributed by atoms with van der Waals surface area (Å²) in [6.07, 6.45) is 1.73. The highest BCUT2D eigenvalue weighted by Crippen LogP contribution is 2.20. The van der Waals surface area contributed by atoms with E-state index in [1.54, 1.807) is 23.0 Å². The molecule has 0 aliphatic carbocycles. The van der Waals surface area contributed by atoms with Gasteiger partial charge in [0.15, 0.2) is 0 Å². The Morgan fingerprint density at radius 2 is 2.31 bits per heavy atom. The molecule has 0 radical (unpaired) electrons. The van der Waals surface area contributed by atoms with Crippen LogP contribution in [-0.2, 0) is 7.05 Å². The maximum Gasteiger partial charge on any atom is 0.101 e. The van der Waals surface area contributed by atoms with Crippen LogP contribution >= 0.6 is 0 Å². The van der Waals surface area contributed by atoms with E-state index in [-0.39, 0.29) is 0 Å². The van der Waals surface area contributed by atoms with Crippen molar-refractivity contribution in [1.82, 2.24) is 9.78 Å². The van der Waals surface area contributed by atoms with Crippen molar-refractivity contribution in [3.63, 3.8) is 0 Å². The molecule has 2 rings (SSSR count). The van der Waals surface area contributed by atoms with Gasteiger partial charge in [0.25, 0.3) is 0 Å². The highest BCUT2D eigenvalue weighted by Gasteiger charge is 2.04. The normalized spacial score (nSPS) is 10.2. The van der Waals surface area contributed by atoms with Crippen molar-refractivity contribution in [3.05, 3.63) is 23.9 Å². The number of nitriles is 1. The summed E-state index contributed by atoms with van der Waals surface area (Å²) in [4.78, 5) is 0. The van der Waals surface area contributed by atoms with Gasteiger partial charge in [-0.3, -0.25) is 4.68 Å². The molecule has 0 spiro atoms. The van der Waals surface area contributed by atoms with Gasteiger partial charge in [0.1, 0.15) is 6.07 Å². The lowest BCUT2D eigenvalue weighted by Crippen LogP contribution is -1.92. The Hall–Kier alpha value is -2.02. The monoisotopic (exact) mass is 172 g/mol. The van der Waals surface area contributed by atoms with Crippen LogP contribution in [0.3, 0.4) is 0 Å². The summed E-state index contributed by atoms with van der Waals surface area (Å²) >= 11 is 0. The standard InChI is InChI=1S/C9H8N4/c1-13-9-3-6(4-10)8(11)2-7(9)5-12-13/h2-3,5H,11H2,1H3. The average molecular weight is 172 g/mol. The molecule has 1 aromatic carbocycles. The smallest absolute Gasteiger partial charge is 0.101 e. The first-order valence-electron chi connectivity index (χ1n) is 3.83. The largest absolute Gasteiger partial charge is 0.398 e. The number of aromatic nitrogens is 2. The van der Waals surface area contributed by atoms with E-state index in [1.165, 1.54) is 0 Å². The summed E-state index contributed by atoms with van der Waals surface area (Å²) in [5, 5.41) is 13.8. The van der Waals surface area contributed by atoms with Crippen molar-refractivity contribution < 1.29 is 0 Å². The lowest BCUT2D eigenvalue weighted by Gasteiger charge is -1.98. The van der Waals surface area contributed by atoms with E-state index in [4.69, 9.17) is 11.0 Å². The molecule has 0 bridgehead atoms. The van der Waals surface area contributed by atoms with Crippen LogP contribution < -0.4 is 5.73 Å². The predicted octanol–water partition coefficient (Wildman–Crippen LogP) is 1.03. The highest BCUT2D eigenvalue weighted by atomic mass is 15.2. The number of hydrogen-bond donors (Lipinski definition) is 1. The molecule has 0 saturated heterocycles. The minimum absolute atomic E-state index is 0.496. The number of nitrogen functional groups attached to an aromatic ring is 1. The number of anilines is 1. The van der Waals surface area contributed by atoms with E-state index in [9.17, 15) is 0 Å². The fraction of sp³-hybridized carbons (Fsp3) is 0.111. The van der Waals surface area contributed by atoms with Crippen molar-refractivity contribution in [3.8, 4) is 6.07 Å². The molecule has 2 aromatic rings. The number of nitrogens with two attached hydrogens (primary N) is 1. The van der Waals surface area contributed by atoms with Gasteiger partial charge in [0, 0.05) is 12.4 Å². The Morgan fingerprint density at radius 3 is 3.00 bits per heavy atom. The topological polar surface area (TPSA) is 67.6 Å². The van der Waals surface area contributed by atoms with Crippen LogP contribution in [0.1, 0.15) is 5.56 Å². The van der Waals surface area contributed by atoms with Crippen LogP contribution in [0.25, 0.3) is 10.9 Å². The summed E-state index contributed by atoms with van der Waals surface area (Å²) in [5.41, 5.74) is 7.57. The Morgan fingerprint density at radius 1 is 1.54 bits per heavy atom. The van der Waals surface area contributed by atoms with Gasteiger partial charge in [-0.15, -0.1) is 0 Å². The molecule has 4 heteroatoms. The zero-order valence-electron chi connectivity index (χ0n) is 7.15. The van der Waals surface area contributed by atoms with Crippen LogP contribution in [0.15, 0.2) is 18.3 Å². The van der Waals surface area contributed by atoms with Crippen molar-refractivity contribution in [2.75, 3.05) is 5.73 Å². The molecule has 0 fully saturated rings. The van der Waals surface area contributed by atoms with E-state index >= 15 is 0 Å². The summed E-state index contributed by atoms with van der Waals surface area (Å²) in [5.74, 6) is 0. The zero-order valence-corrected chi connectivity index (χ0v) is 7.15. The van der Waals surface area contributed by atoms with Crippen LogP contribution in [-0.4, -0.2) is 9.78 Å². The maximum absolute atomic E-state index is 8.75. The maximum atomic E-state index is 8.75. The predicted molar refractivity (Wildman–Crippen MR) is 49.8 cm³/mol. The molecule has 0 atom stereocenters.